The summed E-state index contributed by atoms with van der Waals surface area (Å²) in [5.74, 6) is -8.55. The second-order valence-corrected chi connectivity index (χ2v) is 4.74. The zero-order valence-electron chi connectivity index (χ0n) is 9.96. The van der Waals surface area contributed by atoms with E-state index in [1.165, 1.54) is 0 Å². The van der Waals surface area contributed by atoms with Crippen molar-refractivity contribution in [3.8, 4) is 5.75 Å². The second-order valence-electron chi connectivity index (χ2n) is 3.84. The predicted molar refractivity (Wildman–Crippen MR) is 67.1 cm³/mol. The first kappa shape index (κ1) is 14.7. The molecule has 20 heavy (non-hydrogen) atoms. The van der Waals surface area contributed by atoms with Gasteiger partial charge in [0.15, 0.2) is 17.4 Å². The number of halogens is 4. The normalized spacial score (nSPS) is 10.8. The van der Waals surface area contributed by atoms with Gasteiger partial charge in [-0.15, -0.1) is 0 Å². The lowest BCUT2D eigenvalue weighted by Gasteiger charge is -2.09. The molecule has 7 heteroatoms. The van der Waals surface area contributed by atoms with Gasteiger partial charge in [0.25, 0.3) is 0 Å². The van der Waals surface area contributed by atoms with Crippen LogP contribution in [0.2, 0.25) is 0 Å². The first-order valence-electron chi connectivity index (χ1n) is 5.51. The van der Waals surface area contributed by atoms with Gasteiger partial charge in [-0.05, 0) is 17.5 Å². The molecule has 0 radical (unpaired) electrons. The SMILES string of the molecule is Oc1c(F)c(F)c(SNCc2ccccc2)c(F)c1F. The molecule has 0 atom stereocenters. The van der Waals surface area contributed by atoms with Gasteiger partial charge in [-0.3, -0.25) is 4.72 Å². The van der Waals surface area contributed by atoms with Crippen LogP contribution in [-0.4, -0.2) is 5.11 Å². The topological polar surface area (TPSA) is 32.3 Å². The van der Waals surface area contributed by atoms with Gasteiger partial charge < -0.3 is 5.11 Å². The van der Waals surface area contributed by atoms with Crippen LogP contribution in [0.1, 0.15) is 5.56 Å². The molecule has 0 aliphatic heterocycles. The third-order valence-electron chi connectivity index (χ3n) is 2.49. The summed E-state index contributed by atoms with van der Waals surface area (Å²) < 4.78 is 55.7. The molecule has 106 valence electrons. The molecular weight excluding hydrogens is 294 g/mol. The van der Waals surface area contributed by atoms with Gasteiger partial charge >= 0.3 is 0 Å². The Bertz CT molecular complexity index is 593. The lowest BCUT2D eigenvalue weighted by molar-refractivity contribution is 0.344. The maximum absolute atomic E-state index is 13.4. The molecule has 0 saturated carbocycles. The smallest absolute Gasteiger partial charge is 0.204 e. The Balaban J connectivity index is 2.14. The molecule has 0 aromatic heterocycles. The number of hydrogen-bond donors (Lipinski definition) is 2. The van der Waals surface area contributed by atoms with Gasteiger partial charge in [0.1, 0.15) is 4.90 Å². The molecule has 0 amide bonds. The first-order chi connectivity index (χ1) is 9.52. The standard InChI is InChI=1S/C13H9F4NOS/c14-8-10(16)13(11(17)9(15)12(8)19)20-18-6-7-4-2-1-3-5-7/h1-5,18-19H,6H2. The summed E-state index contributed by atoms with van der Waals surface area (Å²) >= 11 is 0.414. The van der Waals surface area contributed by atoms with Crippen LogP contribution < -0.4 is 4.72 Å². The maximum Gasteiger partial charge on any atom is 0.204 e. The van der Waals surface area contributed by atoms with E-state index in [1.807, 2.05) is 0 Å². The highest BCUT2D eigenvalue weighted by Crippen LogP contribution is 2.33. The van der Waals surface area contributed by atoms with Gasteiger partial charge in [0.2, 0.25) is 11.6 Å². The van der Waals surface area contributed by atoms with Crippen molar-refractivity contribution in [2.75, 3.05) is 0 Å². The van der Waals surface area contributed by atoms with Crippen molar-refractivity contribution in [2.24, 2.45) is 0 Å². The number of hydrogen-bond acceptors (Lipinski definition) is 3. The highest BCUT2D eigenvalue weighted by molar-refractivity contribution is 7.97. The number of benzene rings is 2. The summed E-state index contributed by atoms with van der Waals surface area (Å²) in [6.07, 6.45) is 0. The molecule has 2 N–H and O–H groups in total. The van der Waals surface area contributed by atoms with Crippen LogP contribution >= 0.6 is 11.9 Å². The molecule has 0 spiro atoms. The van der Waals surface area contributed by atoms with Crippen molar-refractivity contribution in [1.82, 2.24) is 4.72 Å². The number of phenols is 1. The van der Waals surface area contributed by atoms with E-state index in [1.54, 1.807) is 30.3 Å². The fraction of sp³-hybridized carbons (Fsp3) is 0.0769. The minimum absolute atomic E-state index is 0.245. The van der Waals surface area contributed by atoms with Crippen molar-refractivity contribution in [3.63, 3.8) is 0 Å². The van der Waals surface area contributed by atoms with E-state index in [0.717, 1.165) is 5.56 Å². The lowest BCUT2D eigenvalue weighted by atomic mass is 10.2. The van der Waals surface area contributed by atoms with Crippen LogP contribution in [0.5, 0.6) is 5.75 Å². The molecule has 0 bridgehead atoms. The lowest BCUT2D eigenvalue weighted by Crippen LogP contribution is -2.07. The van der Waals surface area contributed by atoms with Crippen molar-refractivity contribution in [3.05, 3.63) is 59.2 Å². The Hall–Kier alpha value is -1.73. The van der Waals surface area contributed by atoms with Crippen LogP contribution in [-0.2, 0) is 6.54 Å². The zero-order chi connectivity index (χ0) is 14.7. The second kappa shape index (κ2) is 6.15. The average molecular weight is 303 g/mol. The molecule has 0 fully saturated rings. The van der Waals surface area contributed by atoms with Crippen molar-refractivity contribution < 1.29 is 22.7 Å². The van der Waals surface area contributed by atoms with E-state index in [-0.39, 0.29) is 6.54 Å². The largest absolute Gasteiger partial charge is 0.503 e. The van der Waals surface area contributed by atoms with Crippen molar-refractivity contribution in [2.45, 2.75) is 11.4 Å². The monoisotopic (exact) mass is 303 g/mol. The van der Waals surface area contributed by atoms with E-state index in [0.29, 0.717) is 11.9 Å². The van der Waals surface area contributed by atoms with Gasteiger partial charge in [0.05, 0.1) is 0 Å². The van der Waals surface area contributed by atoms with E-state index in [9.17, 15) is 17.6 Å². The van der Waals surface area contributed by atoms with Gasteiger partial charge in [-0.1, -0.05) is 30.3 Å². The zero-order valence-corrected chi connectivity index (χ0v) is 10.8. The van der Waals surface area contributed by atoms with Gasteiger partial charge in [-0.25, -0.2) is 8.78 Å². The highest BCUT2D eigenvalue weighted by Gasteiger charge is 2.25. The van der Waals surface area contributed by atoms with Gasteiger partial charge in [0, 0.05) is 6.54 Å². The summed E-state index contributed by atoms with van der Waals surface area (Å²) in [4.78, 5) is -0.867. The van der Waals surface area contributed by atoms with Gasteiger partial charge in [-0.2, -0.15) is 8.78 Å². The number of phenolic OH excluding ortho intramolecular Hbond substituents is 1. The Labute approximate surface area is 116 Å². The molecule has 0 aliphatic rings. The summed E-state index contributed by atoms with van der Waals surface area (Å²) in [6.45, 7) is 0.245. The Morgan fingerprint density at radius 1 is 0.900 bits per heavy atom. The minimum atomic E-state index is -1.81. The molecule has 0 saturated heterocycles. The summed E-state index contributed by atoms with van der Waals surface area (Å²) in [6, 6.07) is 8.92. The Kier molecular flexibility index (Phi) is 4.51. The molecule has 0 heterocycles. The van der Waals surface area contributed by atoms with Crippen LogP contribution in [0, 0.1) is 23.3 Å². The summed E-state index contributed by atoms with van der Waals surface area (Å²) in [7, 11) is 0. The third-order valence-corrected chi connectivity index (χ3v) is 3.34. The Morgan fingerprint density at radius 3 is 2.00 bits per heavy atom. The molecule has 2 rings (SSSR count). The number of nitrogens with one attached hydrogen (secondary N) is 1. The van der Waals surface area contributed by atoms with E-state index < -0.39 is 33.9 Å². The fourth-order valence-electron chi connectivity index (χ4n) is 1.48. The summed E-state index contributed by atoms with van der Waals surface area (Å²) in [5, 5.41) is 8.84. The highest BCUT2D eigenvalue weighted by atomic mass is 32.2. The van der Waals surface area contributed by atoms with E-state index in [4.69, 9.17) is 5.11 Å². The Morgan fingerprint density at radius 2 is 1.45 bits per heavy atom. The van der Waals surface area contributed by atoms with E-state index >= 15 is 0 Å². The van der Waals surface area contributed by atoms with Crippen LogP contribution in [0.15, 0.2) is 35.2 Å². The predicted octanol–water partition coefficient (Wildman–Crippen LogP) is 3.75. The molecule has 0 unspecified atom stereocenters. The molecule has 2 aromatic rings. The minimum Gasteiger partial charge on any atom is -0.503 e. The third kappa shape index (κ3) is 2.88. The van der Waals surface area contributed by atoms with E-state index in [2.05, 4.69) is 4.72 Å². The fourth-order valence-corrected chi connectivity index (χ4v) is 2.22. The van der Waals surface area contributed by atoms with Crippen LogP contribution in [0.25, 0.3) is 0 Å². The number of aromatic hydroxyl groups is 1. The molecular formula is C13H9F4NOS. The number of rotatable bonds is 4. The molecule has 0 aliphatic carbocycles. The maximum atomic E-state index is 13.4. The van der Waals surface area contributed by atoms with Crippen LogP contribution in [0.4, 0.5) is 17.6 Å². The first-order valence-corrected chi connectivity index (χ1v) is 6.32. The van der Waals surface area contributed by atoms with Crippen molar-refractivity contribution in [1.29, 1.82) is 0 Å². The van der Waals surface area contributed by atoms with Crippen LogP contribution in [0.3, 0.4) is 0 Å². The summed E-state index contributed by atoms with van der Waals surface area (Å²) in [5.41, 5.74) is 0.834. The van der Waals surface area contributed by atoms with Crippen molar-refractivity contribution >= 4 is 11.9 Å². The molecule has 2 aromatic carbocycles. The molecule has 2 nitrogen and oxygen atoms in total. The quantitative estimate of drug-likeness (QED) is 0.512. The average Bonchev–Trinajstić information content (AvgIpc) is 2.48.